The lowest BCUT2D eigenvalue weighted by atomic mass is 10.2. The van der Waals surface area contributed by atoms with Gasteiger partial charge in [0.2, 0.25) is 0 Å². The van der Waals surface area contributed by atoms with Gasteiger partial charge in [0.25, 0.3) is 0 Å². The van der Waals surface area contributed by atoms with Gasteiger partial charge in [-0.1, -0.05) is 30.3 Å². The Morgan fingerprint density at radius 1 is 1.06 bits per heavy atom. The molecule has 2 aromatic carbocycles. The Morgan fingerprint density at radius 2 is 1.81 bits per heavy atom. The van der Waals surface area contributed by atoms with Crippen molar-refractivity contribution in [2.75, 3.05) is 5.73 Å². The third-order valence-electron chi connectivity index (χ3n) is 2.19. The molecule has 2 rings (SSSR count). The molecule has 0 bridgehead atoms. The van der Waals surface area contributed by atoms with Gasteiger partial charge < -0.3 is 10.5 Å². The Kier molecular flexibility index (Phi) is 3.47. The van der Waals surface area contributed by atoms with Gasteiger partial charge in [0.1, 0.15) is 12.4 Å². The average molecular weight is 278 g/mol. The van der Waals surface area contributed by atoms with Crippen LogP contribution in [0.3, 0.4) is 0 Å². The number of anilines is 1. The van der Waals surface area contributed by atoms with E-state index < -0.39 is 0 Å². The van der Waals surface area contributed by atoms with Crippen LogP contribution in [0.5, 0.6) is 5.75 Å². The number of nitrogens with two attached hydrogens (primary N) is 1. The van der Waals surface area contributed by atoms with Gasteiger partial charge in [-0.25, -0.2) is 0 Å². The fourth-order valence-electron chi connectivity index (χ4n) is 1.37. The summed E-state index contributed by atoms with van der Waals surface area (Å²) < 4.78 is 6.55. The van der Waals surface area contributed by atoms with E-state index in [4.69, 9.17) is 10.5 Å². The van der Waals surface area contributed by atoms with E-state index in [-0.39, 0.29) is 0 Å². The summed E-state index contributed by atoms with van der Waals surface area (Å²) >= 11 is 3.42. The third kappa shape index (κ3) is 2.76. The Labute approximate surface area is 103 Å². The van der Waals surface area contributed by atoms with Crippen molar-refractivity contribution in [3.8, 4) is 5.75 Å². The van der Waals surface area contributed by atoms with Crippen LogP contribution in [-0.4, -0.2) is 0 Å². The Morgan fingerprint density at radius 3 is 2.50 bits per heavy atom. The number of nitrogen functional groups attached to an aromatic ring is 1. The summed E-state index contributed by atoms with van der Waals surface area (Å²) in [5.41, 5.74) is 7.52. The SMILES string of the molecule is Nc1ccc(OCc2ccccc2)c(Br)c1. The summed E-state index contributed by atoms with van der Waals surface area (Å²) in [6.45, 7) is 0.559. The lowest BCUT2D eigenvalue weighted by Gasteiger charge is -2.08. The molecule has 0 aliphatic heterocycles. The normalized spacial score (nSPS) is 10.1. The van der Waals surface area contributed by atoms with Crippen LogP contribution in [0.1, 0.15) is 5.56 Å². The first-order valence-electron chi connectivity index (χ1n) is 4.97. The largest absolute Gasteiger partial charge is 0.488 e. The standard InChI is InChI=1S/C13H12BrNO/c14-12-8-11(15)6-7-13(12)16-9-10-4-2-1-3-5-10/h1-8H,9,15H2. The van der Waals surface area contributed by atoms with Gasteiger partial charge in [-0.2, -0.15) is 0 Å². The van der Waals surface area contributed by atoms with E-state index in [0.29, 0.717) is 6.61 Å². The van der Waals surface area contributed by atoms with E-state index in [2.05, 4.69) is 15.9 Å². The molecule has 0 saturated carbocycles. The molecule has 16 heavy (non-hydrogen) atoms. The molecule has 0 fully saturated rings. The maximum atomic E-state index is 5.68. The lowest BCUT2D eigenvalue weighted by Crippen LogP contribution is -1.96. The van der Waals surface area contributed by atoms with Crippen molar-refractivity contribution < 1.29 is 4.74 Å². The van der Waals surface area contributed by atoms with Crippen LogP contribution in [0.4, 0.5) is 5.69 Å². The predicted octanol–water partition coefficient (Wildman–Crippen LogP) is 3.61. The van der Waals surface area contributed by atoms with E-state index in [1.165, 1.54) is 0 Å². The summed E-state index contributed by atoms with van der Waals surface area (Å²) in [6.07, 6.45) is 0. The van der Waals surface area contributed by atoms with Gasteiger partial charge in [-0.3, -0.25) is 0 Å². The fraction of sp³-hybridized carbons (Fsp3) is 0.0769. The van der Waals surface area contributed by atoms with Crippen LogP contribution in [0.15, 0.2) is 53.0 Å². The Bertz CT molecular complexity index is 471. The zero-order chi connectivity index (χ0) is 11.4. The topological polar surface area (TPSA) is 35.2 Å². The molecule has 2 nitrogen and oxygen atoms in total. The molecular formula is C13H12BrNO. The molecule has 2 aromatic rings. The molecule has 0 aliphatic carbocycles. The summed E-state index contributed by atoms with van der Waals surface area (Å²) in [5, 5.41) is 0. The molecule has 0 unspecified atom stereocenters. The van der Waals surface area contributed by atoms with Gasteiger partial charge >= 0.3 is 0 Å². The maximum Gasteiger partial charge on any atom is 0.134 e. The molecule has 0 saturated heterocycles. The van der Waals surface area contributed by atoms with Crippen molar-refractivity contribution in [3.05, 3.63) is 58.6 Å². The lowest BCUT2D eigenvalue weighted by molar-refractivity contribution is 0.304. The summed E-state index contributed by atoms with van der Waals surface area (Å²) in [6, 6.07) is 15.6. The van der Waals surface area contributed by atoms with Crippen molar-refractivity contribution in [2.45, 2.75) is 6.61 Å². The van der Waals surface area contributed by atoms with Crippen LogP contribution in [0, 0.1) is 0 Å². The maximum absolute atomic E-state index is 5.68. The molecular weight excluding hydrogens is 266 g/mol. The number of hydrogen-bond donors (Lipinski definition) is 1. The van der Waals surface area contributed by atoms with Crippen molar-refractivity contribution in [1.82, 2.24) is 0 Å². The second-order valence-electron chi connectivity index (χ2n) is 3.46. The van der Waals surface area contributed by atoms with Crippen LogP contribution in [-0.2, 0) is 6.61 Å². The molecule has 0 amide bonds. The van der Waals surface area contributed by atoms with Crippen LogP contribution >= 0.6 is 15.9 Å². The minimum atomic E-state index is 0.559. The number of hydrogen-bond acceptors (Lipinski definition) is 2. The quantitative estimate of drug-likeness (QED) is 0.870. The monoisotopic (exact) mass is 277 g/mol. The zero-order valence-corrected chi connectivity index (χ0v) is 10.3. The molecule has 0 heterocycles. The summed E-state index contributed by atoms with van der Waals surface area (Å²) in [7, 11) is 0. The number of halogens is 1. The number of rotatable bonds is 3. The van der Waals surface area contributed by atoms with Crippen LogP contribution in [0.2, 0.25) is 0 Å². The molecule has 2 N–H and O–H groups in total. The number of benzene rings is 2. The highest BCUT2D eigenvalue weighted by molar-refractivity contribution is 9.10. The molecule has 0 spiro atoms. The van der Waals surface area contributed by atoms with E-state index in [0.717, 1.165) is 21.5 Å². The highest BCUT2D eigenvalue weighted by atomic mass is 79.9. The van der Waals surface area contributed by atoms with Crippen molar-refractivity contribution >= 4 is 21.6 Å². The van der Waals surface area contributed by atoms with Crippen molar-refractivity contribution in [3.63, 3.8) is 0 Å². The van der Waals surface area contributed by atoms with Crippen LogP contribution < -0.4 is 10.5 Å². The minimum absolute atomic E-state index is 0.559. The van der Waals surface area contributed by atoms with Gasteiger partial charge in [0.05, 0.1) is 4.47 Å². The highest BCUT2D eigenvalue weighted by Crippen LogP contribution is 2.27. The summed E-state index contributed by atoms with van der Waals surface area (Å²) in [4.78, 5) is 0. The minimum Gasteiger partial charge on any atom is -0.488 e. The predicted molar refractivity (Wildman–Crippen MR) is 69.3 cm³/mol. The molecule has 0 radical (unpaired) electrons. The van der Waals surface area contributed by atoms with Gasteiger partial charge in [0, 0.05) is 5.69 Å². The molecule has 82 valence electrons. The first-order chi connectivity index (χ1) is 7.75. The van der Waals surface area contributed by atoms with E-state index >= 15 is 0 Å². The van der Waals surface area contributed by atoms with Gasteiger partial charge in [-0.15, -0.1) is 0 Å². The molecule has 0 aliphatic rings. The first kappa shape index (κ1) is 11.0. The van der Waals surface area contributed by atoms with Crippen LogP contribution in [0.25, 0.3) is 0 Å². The number of ether oxygens (including phenoxy) is 1. The third-order valence-corrected chi connectivity index (χ3v) is 2.81. The van der Waals surface area contributed by atoms with Gasteiger partial charge in [0.15, 0.2) is 0 Å². The molecule has 0 atom stereocenters. The first-order valence-corrected chi connectivity index (χ1v) is 5.77. The van der Waals surface area contributed by atoms with E-state index in [1.807, 2.05) is 48.5 Å². The Hall–Kier alpha value is -1.48. The van der Waals surface area contributed by atoms with Crippen molar-refractivity contribution in [1.29, 1.82) is 0 Å². The summed E-state index contributed by atoms with van der Waals surface area (Å²) in [5.74, 6) is 0.804. The van der Waals surface area contributed by atoms with Crippen molar-refractivity contribution in [2.24, 2.45) is 0 Å². The highest BCUT2D eigenvalue weighted by Gasteiger charge is 2.01. The second-order valence-corrected chi connectivity index (χ2v) is 4.32. The van der Waals surface area contributed by atoms with Gasteiger partial charge in [-0.05, 0) is 39.7 Å². The zero-order valence-electron chi connectivity index (χ0n) is 8.69. The Balaban J connectivity index is 2.05. The second kappa shape index (κ2) is 5.03. The average Bonchev–Trinajstić information content (AvgIpc) is 2.29. The smallest absolute Gasteiger partial charge is 0.134 e. The molecule has 3 heteroatoms. The molecule has 0 aromatic heterocycles. The van der Waals surface area contributed by atoms with E-state index in [1.54, 1.807) is 0 Å². The van der Waals surface area contributed by atoms with E-state index in [9.17, 15) is 0 Å². The fourth-order valence-corrected chi connectivity index (χ4v) is 1.88.